The fraction of sp³-hybridized carbons (Fsp3) is 0.350. The van der Waals surface area contributed by atoms with Crippen molar-refractivity contribution in [3.05, 3.63) is 60.2 Å². The SMILES string of the molecule is O=C(OCc1ccccc1)N1CCC(Nc2cccc(OC(F)(F)F)c2)CC1. The van der Waals surface area contributed by atoms with Crippen LogP contribution in [0.15, 0.2) is 54.6 Å². The monoisotopic (exact) mass is 394 g/mol. The Morgan fingerprint density at radius 1 is 1.07 bits per heavy atom. The van der Waals surface area contributed by atoms with Crippen LogP contribution in [-0.4, -0.2) is 36.5 Å². The first-order valence-electron chi connectivity index (χ1n) is 8.97. The number of alkyl halides is 3. The molecule has 0 spiro atoms. The molecule has 150 valence electrons. The second-order valence-electron chi connectivity index (χ2n) is 6.52. The predicted molar refractivity (Wildman–Crippen MR) is 98.0 cm³/mol. The molecule has 2 aromatic rings. The van der Waals surface area contributed by atoms with E-state index in [4.69, 9.17) is 4.74 Å². The van der Waals surface area contributed by atoms with Crippen molar-refractivity contribution in [3.63, 3.8) is 0 Å². The van der Waals surface area contributed by atoms with Gasteiger partial charge in [-0.1, -0.05) is 36.4 Å². The normalized spacial score (nSPS) is 15.2. The molecule has 1 aliphatic rings. The number of rotatable bonds is 5. The van der Waals surface area contributed by atoms with E-state index in [9.17, 15) is 18.0 Å². The number of piperidine rings is 1. The fourth-order valence-electron chi connectivity index (χ4n) is 3.04. The number of benzene rings is 2. The van der Waals surface area contributed by atoms with Crippen molar-refractivity contribution in [2.75, 3.05) is 18.4 Å². The molecule has 1 aliphatic heterocycles. The second kappa shape index (κ2) is 8.86. The van der Waals surface area contributed by atoms with Crippen LogP contribution in [0.5, 0.6) is 5.75 Å². The summed E-state index contributed by atoms with van der Waals surface area (Å²) in [4.78, 5) is 13.8. The van der Waals surface area contributed by atoms with Crippen LogP contribution in [0, 0.1) is 0 Å². The van der Waals surface area contributed by atoms with Crippen molar-refractivity contribution >= 4 is 11.8 Å². The van der Waals surface area contributed by atoms with Crippen LogP contribution in [0.3, 0.4) is 0 Å². The topological polar surface area (TPSA) is 50.8 Å². The molecular weight excluding hydrogens is 373 g/mol. The molecule has 0 aromatic heterocycles. The van der Waals surface area contributed by atoms with Gasteiger partial charge in [-0.25, -0.2) is 4.79 Å². The van der Waals surface area contributed by atoms with E-state index in [1.54, 1.807) is 11.0 Å². The number of hydrogen-bond donors (Lipinski definition) is 1. The van der Waals surface area contributed by atoms with E-state index in [-0.39, 0.29) is 24.5 Å². The number of amides is 1. The van der Waals surface area contributed by atoms with Gasteiger partial charge in [0.25, 0.3) is 0 Å². The van der Waals surface area contributed by atoms with E-state index < -0.39 is 6.36 Å². The zero-order chi connectivity index (χ0) is 20.0. The Hall–Kier alpha value is -2.90. The lowest BCUT2D eigenvalue weighted by atomic mass is 10.0. The summed E-state index contributed by atoms with van der Waals surface area (Å²) in [7, 11) is 0. The van der Waals surface area contributed by atoms with E-state index in [2.05, 4.69) is 10.1 Å². The van der Waals surface area contributed by atoms with Crippen molar-refractivity contribution in [2.24, 2.45) is 0 Å². The number of nitrogens with zero attached hydrogens (tertiary/aromatic N) is 1. The Balaban J connectivity index is 1.45. The molecule has 0 bridgehead atoms. The Bertz CT molecular complexity index is 776. The zero-order valence-corrected chi connectivity index (χ0v) is 15.1. The third-order valence-corrected chi connectivity index (χ3v) is 4.40. The van der Waals surface area contributed by atoms with Crippen LogP contribution in [0.2, 0.25) is 0 Å². The van der Waals surface area contributed by atoms with Crippen LogP contribution in [0.4, 0.5) is 23.7 Å². The molecule has 1 heterocycles. The van der Waals surface area contributed by atoms with Gasteiger partial charge in [0.15, 0.2) is 0 Å². The maximum Gasteiger partial charge on any atom is 0.573 e. The lowest BCUT2D eigenvalue weighted by Crippen LogP contribution is -2.42. The number of carbonyl (C=O) groups excluding carboxylic acids is 1. The highest BCUT2D eigenvalue weighted by atomic mass is 19.4. The van der Waals surface area contributed by atoms with Crippen molar-refractivity contribution < 1.29 is 27.4 Å². The summed E-state index contributed by atoms with van der Waals surface area (Å²) in [5, 5.41) is 3.20. The lowest BCUT2D eigenvalue weighted by Gasteiger charge is -2.32. The van der Waals surface area contributed by atoms with Crippen molar-refractivity contribution in [1.82, 2.24) is 4.90 Å². The van der Waals surface area contributed by atoms with Crippen molar-refractivity contribution in [3.8, 4) is 5.75 Å². The number of halogens is 3. The number of ether oxygens (including phenoxy) is 2. The third kappa shape index (κ3) is 6.07. The van der Waals surface area contributed by atoms with Gasteiger partial charge in [-0.15, -0.1) is 13.2 Å². The van der Waals surface area contributed by atoms with Gasteiger partial charge in [0.05, 0.1) is 0 Å². The molecule has 0 atom stereocenters. The van der Waals surface area contributed by atoms with Gasteiger partial charge < -0.3 is 19.7 Å². The molecule has 5 nitrogen and oxygen atoms in total. The standard InChI is InChI=1S/C20H21F3N2O3/c21-20(22,23)28-18-8-4-7-17(13-18)24-16-9-11-25(12-10-16)19(26)27-14-15-5-2-1-3-6-15/h1-8,13,16,24H,9-12,14H2. The minimum atomic E-state index is -4.72. The van der Waals surface area contributed by atoms with Crippen LogP contribution in [-0.2, 0) is 11.3 Å². The minimum absolute atomic E-state index is 0.0549. The van der Waals surface area contributed by atoms with Crippen LogP contribution in [0.25, 0.3) is 0 Å². The first kappa shape index (κ1) is 19.9. The van der Waals surface area contributed by atoms with Gasteiger partial charge in [0.2, 0.25) is 0 Å². The van der Waals surface area contributed by atoms with E-state index in [1.807, 2.05) is 30.3 Å². The maximum atomic E-state index is 12.3. The molecule has 0 saturated carbocycles. The molecule has 1 fully saturated rings. The average Bonchev–Trinajstić information content (AvgIpc) is 2.66. The van der Waals surface area contributed by atoms with Gasteiger partial charge in [-0.05, 0) is 30.5 Å². The van der Waals surface area contributed by atoms with Gasteiger partial charge in [0, 0.05) is 30.9 Å². The van der Waals surface area contributed by atoms with Crippen LogP contribution in [0.1, 0.15) is 18.4 Å². The van der Waals surface area contributed by atoms with E-state index >= 15 is 0 Å². The first-order valence-corrected chi connectivity index (χ1v) is 8.97. The van der Waals surface area contributed by atoms with Gasteiger partial charge >= 0.3 is 12.5 Å². The van der Waals surface area contributed by atoms with E-state index in [0.29, 0.717) is 31.6 Å². The summed E-state index contributed by atoms with van der Waals surface area (Å²) in [6.45, 7) is 1.26. The number of anilines is 1. The van der Waals surface area contributed by atoms with E-state index in [1.165, 1.54) is 18.2 Å². The molecule has 2 aromatic carbocycles. The molecule has 28 heavy (non-hydrogen) atoms. The first-order chi connectivity index (χ1) is 13.4. The number of hydrogen-bond acceptors (Lipinski definition) is 4. The Labute approximate surface area is 161 Å². The predicted octanol–water partition coefficient (Wildman–Crippen LogP) is 4.80. The maximum absolute atomic E-state index is 12.3. The minimum Gasteiger partial charge on any atom is -0.445 e. The molecule has 1 saturated heterocycles. The van der Waals surface area contributed by atoms with Gasteiger partial charge in [-0.2, -0.15) is 0 Å². The largest absolute Gasteiger partial charge is 0.573 e. The van der Waals surface area contributed by atoms with Crippen LogP contribution >= 0.6 is 0 Å². The highest BCUT2D eigenvalue weighted by molar-refractivity contribution is 5.67. The highest BCUT2D eigenvalue weighted by Gasteiger charge is 2.31. The summed E-state index contributed by atoms with van der Waals surface area (Å²) >= 11 is 0. The zero-order valence-electron chi connectivity index (χ0n) is 15.1. The van der Waals surface area contributed by atoms with Crippen molar-refractivity contribution in [2.45, 2.75) is 31.9 Å². The Morgan fingerprint density at radius 2 is 1.79 bits per heavy atom. The smallest absolute Gasteiger partial charge is 0.445 e. The quantitative estimate of drug-likeness (QED) is 0.792. The van der Waals surface area contributed by atoms with Gasteiger partial charge in [0.1, 0.15) is 12.4 Å². The van der Waals surface area contributed by atoms with Crippen molar-refractivity contribution in [1.29, 1.82) is 0 Å². The van der Waals surface area contributed by atoms with E-state index in [0.717, 1.165) is 5.56 Å². The summed E-state index contributed by atoms with van der Waals surface area (Å²) < 4.78 is 46.2. The molecule has 0 unspecified atom stereocenters. The van der Waals surface area contributed by atoms with Gasteiger partial charge in [-0.3, -0.25) is 0 Å². The number of nitrogens with one attached hydrogen (secondary N) is 1. The molecular formula is C20H21F3N2O3. The molecule has 8 heteroatoms. The third-order valence-electron chi connectivity index (χ3n) is 4.40. The molecule has 1 N–H and O–H groups in total. The number of likely N-dealkylation sites (tertiary alicyclic amines) is 1. The molecule has 0 radical (unpaired) electrons. The summed E-state index contributed by atoms with van der Waals surface area (Å²) in [6.07, 6.45) is -3.73. The second-order valence-corrected chi connectivity index (χ2v) is 6.52. The van der Waals surface area contributed by atoms with Crippen LogP contribution < -0.4 is 10.1 Å². The summed E-state index contributed by atoms with van der Waals surface area (Å²) in [6, 6.07) is 15.2. The fourth-order valence-corrected chi connectivity index (χ4v) is 3.04. The number of carbonyl (C=O) groups is 1. The Morgan fingerprint density at radius 3 is 2.46 bits per heavy atom. The Kier molecular flexibility index (Phi) is 6.28. The highest BCUT2D eigenvalue weighted by Crippen LogP contribution is 2.26. The lowest BCUT2D eigenvalue weighted by molar-refractivity contribution is -0.274. The molecule has 3 rings (SSSR count). The molecule has 0 aliphatic carbocycles. The average molecular weight is 394 g/mol. The summed E-state index contributed by atoms with van der Waals surface area (Å²) in [5.41, 5.74) is 1.47. The summed E-state index contributed by atoms with van der Waals surface area (Å²) in [5.74, 6) is -0.264. The molecule has 1 amide bonds.